The van der Waals surface area contributed by atoms with E-state index in [1.54, 1.807) is 24.3 Å². The van der Waals surface area contributed by atoms with Crippen LogP contribution in [-0.2, 0) is 20.0 Å². The van der Waals surface area contributed by atoms with Gasteiger partial charge in [0.05, 0.1) is 15.5 Å². The Morgan fingerprint density at radius 2 is 1.00 bits per heavy atom. The quantitative estimate of drug-likeness (QED) is 0.655. The molecule has 0 saturated heterocycles. The summed E-state index contributed by atoms with van der Waals surface area (Å²) in [5.74, 6) is 0. The van der Waals surface area contributed by atoms with Gasteiger partial charge in [-0.3, -0.25) is 0 Å². The fourth-order valence-corrected chi connectivity index (χ4v) is 6.21. The fourth-order valence-electron chi connectivity index (χ4n) is 2.52. The highest BCUT2D eigenvalue weighted by atomic mass is 32.3. The Kier molecular flexibility index (Phi) is 5.08. The van der Waals surface area contributed by atoms with E-state index in [1.807, 2.05) is 13.8 Å². The van der Waals surface area contributed by atoms with Crippen molar-refractivity contribution in [1.29, 1.82) is 0 Å². The molecular formula is C20H18NO4S2. The van der Waals surface area contributed by atoms with Gasteiger partial charge in [0.15, 0.2) is 0 Å². The van der Waals surface area contributed by atoms with E-state index in [0.29, 0.717) is 3.71 Å². The highest BCUT2D eigenvalue weighted by Crippen LogP contribution is 2.30. The van der Waals surface area contributed by atoms with Crippen LogP contribution in [0, 0.1) is 19.9 Å². The normalized spacial score (nSPS) is 11.9. The molecule has 0 aliphatic heterocycles. The minimum absolute atomic E-state index is 0.0231. The zero-order valence-corrected chi connectivity index (χ0v) is 16.5. The van der Waals surface area contributed by atoms with Gasteiger partial charge >= 0.3 is 0 Å². The van der Waals surface area contributed by atoms with Crippen LogP contribution in [0.15, 0.2) is 82.6 Å². The molecule has 0 aliphatic carbocycles. The van der Waals surface area contributed by atoms with E-state index in [-0.39, 0.29) is 15.5 Å². The summed E-state index contributed by atoms with van der Waals surface area (Å²) in [7, 11) is -8.71. The van der Waals surface area contributed by atoms with Crippen LogP contribution in [0.5, 0.6) is 0 Å². The zero-order valence-electron chi connectivity index (χ0n) is 14.8. The second-order valence-electron chi connectivity index (χ2n) is 6.09. The minimum atomic E-state index is -4.36. The van der Waals surface area contributed by atoms with Crippen LogP contribution in [0.4, 0.5) is 5.69 Å². The van der Waals surface area contributed by atoms with Gasteiger partial charge in [-0.2, -0.15) is 3.71 Å². The van der Waals surface area contributed by atoms with E-state index >= 15 is 0 Å². The van der Waals surface area contributed by atoms with Crippen molar-refractivity contribution in [2.24, 2.45) is 0 Å². The monoisotopic (exact) mass is 400 g/mol. The van der Waals surface area contributed by atoms with Gasteiger partial charge in [-0.05, 0) is 56.3 Å². The summed E-state index contributed by atoms with van der Waals surface area (Å²) in [6.07, 6.45) is 0. The van der Waals surface area contributed by atoms with Gasteiger partial charge < -0.3 is 0 Å². The van der Waals surface area contributed by atoms with E-state index in [2.05, 4.69) is 6.07 Å². The molecule has 1 radical (unpaired) electrons. The van der Waals surface area contributed by atoms with E-state index in [9.17, 15) is 16.8 Å². The highest BCUT2D eigenvalue weighted by Gasteiger charge is 2.36. The van der Waals surface area contributed by atoms with Crippen molar-refractivity contribution in [2.75, 3.05) is 3.71 Å². The number of sulfonamides is 2. The van der Waals surface area contributed by atoms with Crippen molar-refractivity contribution in [3.05, 3.63) is 90.0 Å². The summed E-state index contributed by atoms with van der Waals surface area (Å²) in [5, 5.41) is 0. The lowest BCUT2D eigenvalue weighted by Crippen LogP contribution is -2.37. The van der Waals surface area contributed by atoms with Crippen molar-refractivity contribution in [3.8, 4) is 0 Å². The lowest BCUT2D eigenvalue weighted by atomic mass is 10.2. The molecule has 7 heteroatoms. The third kappa shape index (κ3) is 3.74. The molecule has 3 rings (SSSR count). The third-order valence-corrected chi connectivity index (χ3v) is 8.19. The van der Waals surface area contributed by atoms with E-state index in [1.165, 1.54) is 48.5 Å². The van der Waals surface area contributed by atoms with Gasteiger partial charge in [0.1, 0.15) is 0 Å². The van der Waals surface area contributed by atoms with Gasteiger partial charge in [0.25, 0.3) is 20.0 Å². The number of nitrogens with zero attached hydrogens (tertiary/aromatic N) is 1. The first-order valence-corrected chi connectivity index (χ1v) is 11.0. The number of rotatable bonds is 5. The topological polar surface area (TPSA) is 71.5 Å². The first-order valence-electron chi connectivity index (χ1n) is 8.13. The summed E-state index contributed by atoms with van der Waals surface area (Å²) >= 11 is 0. The molecule has 0 amide bonds. The average Bonchev–Trinajstić information content (AvgIpc) is 2.63. The molecule has 0 aromatic heterocycles. The molecule has 0 saturated carbocycles. The second-order valence-corrected chi connectivity index (χ2v) is 9.90. The van der Waals surface area contributed by atoms with Crippen molar-refractivity contribution in [2.45, 2.75) is 23.6 Å². The zero-order chi connectivity index (χ0) is 19.7. The van der Waals surface area contributed by atoms with Crippen LogP contribution in [0.25, 0.3) is 0 Å². The molecular weight excluding hydrogens is 382 g/mol. The number of hydrogen-bond donors (Lipinski definition) is 0. The Morgan fingerprint density at radius 1 is 0.630 bits per heavy atom. The maximum Gasteiger partial charge on any atom is 0.277 e. The molecule has 27 heavy (non-hydrogen) atoms. The molecule has 0 aliphatic rings. The van der Waals surface area contributed by atoms with E-state index in [4.69, 9.17) is 0 Å². The molecule has 0 N–H and O–H groups in total. The molecule has 0 bridgehead atoms. The van der Waals surface area contributed by atoms with Crippen LogP contribution in [0.1, 0.15) is 11.1 Å². The number of hydrogen-bond acceptors (Lipinski definition) is 4. The summed E-state index contributed by atoms with van der Waals surface area (Å²) in [6.45, 7) is 3.65. The van der Waals surface area contributed by atoms with E-state index in [0.717, 1.165) is 11.1 Å². The standard InChI is InChI=1S/C20H18NO4S2/c1-16-8-12-19(13-9-16)26(22,23)21(18-6-4-3-5-7-18)27(24,25)20-14-10-17(2)11-15-20/h4-15H,1-2H3. The number of benzene rings is 3. The summed E-state index contributed by atoms with van der Waals surface area (Å²) < 4.78 is 53.5. The first-order chi connectivity index (χ1) is 12.7. The lowest BCUT2D eigenvalue weighted by molar-refractivity contribution is 0.584. The maximum atomic E-state index is 13.3. The largest absolute Gasteiger partial charge is 0.277 e. The van der Waals surface area contributed by atoms with Gasteiger partial charge in [0, 0.05) is 0 Å². The van der Waals surface area contributed by atoms with Crippen LogP contribution < -0.4 is 3.71 Å². The van der Waals surface area contributed by atoms with Crippen LogP contribution in [0.2, 0.25) is 0 Å². The first kappa shape index (κ1) is 19.1. The van der Waals surface area contributed by atoms with Gasteiger partial charge in [0.2, 0.25) is 0 Å². The molecule has 0 heterocycles. The summed E-state index contributed by atoms with van der Waals surface area (Å²) in [4.78, 5) is -0.201. The Labute approximate surface area is 160 Å². The van der Waals surface area contributed by atoms with Gasteiger partial charge in [-0.25, -0.2) is 16.8 Å². The maximum absolute atomic E-state index is 13.3. The average molecular weight is 401 g/mol. The van der Waals surface area contributed by atoms with Crippen LogP contribution in [0.3, 0.4) is 0 Å². The lowest BCUT2D eigenvalue weighted by Gasteiger charge is -2.24. The van der Waals surface area contributed by atoms with Crippen molar-refractivity contribution < 1.29 is 16.8 Å². The molecule has 5 nitrogen and oxygen atoms in total. The number of anilines is 1. The van der Waals surface area contributed by atoms with Gasteiger partial charge in [-0.15, -0.1) is 0 Å². The van der Waals surface area contributed by atoms with E-state index < -0.39 is 20.0 Å². The van der Waals surface area contributed by atoms with Crippen molar-refractivity contribution in [1.82, 2.24) is 0 Å². The summed E-state index contributed by atoms with van der Waals surface area (Å²) in [6, 6.07) is 20.6. The second kappa shape index (κ2) is 7.17. The Bertz CT molecular complexity index is 1060. The Morgan fingerprint density at radius 3 is 1.37 bits per heavy atom. The molecule has 0 unspecified atom stereocenters. The smallest absolute Gasteiger partial charge is 0.200 e. The molecule has 139 valence electrons. The molecule has 0 fully saturated rings. The minimum Gasteiger partial charge on any atom is -0.200 e. The highest BCUT2D eigenvalue weighted by molar-refractivity contribution is 8.10. The fraction of sp³-hybridized carbons (Fsp3) is 0.100. The van der Waals surface area contributed by atoms with Crippen LogP contribution in [-0.4, -0.2) is 16.8 Å². The molecule has 0 atom stereocenters. The predicted molar refractivity (Wildman–Crippen MR) is 104 cm³/mol. The third-order valence-electron chi connectivity index (χ3n) is 3.99. The molecule has 3 aromatic carbocycles. The number of aryl methyl sites for hydroxylation is 2. The Hall–Kier alpha value is -2.64. The van der Waals surface area contributed by atoms with Crippen molar-refractivity contribution in [3.63, 3.8) is 0 Å². The van der Waals surface area contributed by atoms with Crippen LogP contribution >= 0.6 is 0 Å². The van der Waals surface area contributed by atoms with Gasteiger partial charge in [-0.1, -0.05) is 47.5 Å². The summed E-state index contributed by atoms with van der Waals surface area (Å²) in [5.41, 5.74) is 1.77. The predicted octanol–water partition coefficient (Wildman–Crippen LogP) is 3.69. The Balaban J connectivity index is 2.24. The molecule has 0 spiro atoms. The van der Waals surface area contributed by atoms with Crippen molar-refractivity contribution >= 4 is 25.7 Å². The SMILES string of the molecule is Cc1ccc(S(=O)(=O)N(c2cc[c]cc2)S(=O)(=O)c2ccc(C)cc2)cc1. The molecule has 3 aromatic rings.